The molecule has 12 heteroatoms. The third-order valence-corrected chi connectivity index (χ3v) is 11.4. The van der Waals surface area contributed by atoms with Gasteiger partial charge in [0.1, 0.15) is 11.6 Å². The molecule has 4 aromatic heterocycles. The molecule has 0 aliphatic rings. The van der Waals surface area contributed by atoms with Crippen LogP contribution in [0.1, 0.15) is 0 Å². The number of nitrogens with zero attached hydrogens (tertiary/aromatic N) is 7. The van der Waals surface area contributed by atoms with E-state index in [-0.39, 0.29) is 43.4 Å². The topological polar surface area (TPSA) is 57.5 Å². The van der Waals surface area contributed by atoms with Crippen LogP contribution in [0, 0.1) is 48.1 Å². The van der Waals surface area contributed by atoms with E-state index in [1.807, 2.05) is 158 Å². The van der Waals surface area contributed by atoms with Gasteiger partial charge in [-0.15, -0.1) is 24.3 Å². The number of pyridine rings is 1. The third kappa shape index (κ3) is 11.3. The van der Waals surface area contributed by atoms with E-state index >= 15 is 0 Å². The van der Waals surface area contributed by atoms with Gasteiger partial charge in [0.05, 0.1) is 34.2 Å². The molecular formula is C62H40F4IrN7-3. The summed E-state index contributed by atoms with van der Waals surface area (Å²) in [5.74, 6) is -1.42. The van der Waals surface area contributed by atoms with Crippen molar-refractivity contribution in [2.45, 2.75) is 0 Å². The summed E-state index contributed by atoms with van der Waals surface area (Å²) in [5.41, 5.74) is 10.9. The predicted molar refractivity (Wildman–Crippen MR) is 272 cm³/mol. The summed E-state index contributed by atoms with van der Waals surface area (Å²) in [4.78, 5) is 4.12. The number of rotatable bonds is 9. The van der Waals surface area contributed by atoms with Gasteiger partial charge in [-0.05, 0) is 82.2 Å². The van der Waals surface area contributed by atoms with E-state index in [2.05, 4.69) is 40.0 Å². The van der Waals surface area contributed by atoms with Gasteiger partial charge >= 0.3 is 0 Å². The molecule has 0 spiro atoms. The van der Waals surface area contributed by atoms with E-state index in [1.165, 1.54) is 48.5 Å². The molecule has 0 saturated heterocycles. The molecule has 12 rings (SSSR count). The number of imidazole rings is 2. The molecule has 363 valence electrons. The normalized spacial score (nSPS) is 10.6. The van der Waals surface area contributed by atoms with E-state index < -0.39 is 0 Å². The van der Waals surface area contributed by atoms with Crippen LogP contribution in [0.4, 0.5) is 17.6 Å². The maximum absolute atomic E-state index is 14.1. The van der Waals surface area contributed by atoms with Crippen LogP contribution >= 0.6 is 0 Å². The van der Waals surface area contributed by atoms with Gasteiger partial charge in [0.15, 0.2) is 0 Å². The summed E-state index contributed by atoms with van der Waals surface area (Å²) in [6.45, 7) is 0. The summed E-state index contributed by atoms with van der Waals surface area (Å²) >= 11 is 0. The van der Waals surface area contributed by atoms with Crippen LogP contribution in [0.2, 0.25) is 0 Å². The van der Waals surface area contributed by atoms with Crippen LogP contribution in [0.15, 0.2) is 243 Å². The number of halogens is 4. The first kappa shape index (κ1) is 49.9. The molecule has 4 heterocycles. The second-order valence-corrected chi connectivity index (χ2v) is 16.3. The summed E-state index contributed by atoms with van der Waals surface area (Å²) in [7, 11) is 0. The second-order valence-electron chi connectivity index (χ2n) is 16.3. The first-order valence-electron chi connectivity index (χ1n) is 23.0. The largest absolute Gasteiger partial charge is 0.574 e. The van der Waals surface area contributed by atoms with Gasteiger partial charge in [-0.3, -0.25) is 14.1 Å². The fourth-order valence-electron chi connectivity index (χ4n) is 8.22. The minimum atomic E-state index is -0.367. The number of hydrogen-bond acceptors (Lipinski definition) is 2. The van der Waals surface area contributed by atoms with Crippen LogP contribution in [-0.4, -0.2) is 19.2 Å². The molecule has 8 aromatic carbocycles. The Morgan fingerprint density at radius 1 is 0.405 bits per heavy atom. The minimum absolute atomic E-state index is 0. The molecule has 0 unspecified atom stereocenters. The number of hydrogen-bond donors (Lipinski definition) is 0. The van der Waals surface area contributed by atoms with Crippen molar-refractivity contribution in [1.29, 1.82) is 0 Å². The van der Waals surface area contributed by atoms with E-state index in [1.54, 1.807) is 54.9 Å². The van der Waals surface area contributed by atoms with Crippen LogP contribution in [0.3, 0.4) is 0 Å². The quantitative estimate of drug-likeness (QED) is 0.0822. The first-order valence-corrected chi connectivity index (χ1v) is 23.0. The van der Waals surface area contributed by atoms with Gasteiger partial charge in [-0.25, -0.2) is 17.6 Å². The Balaban J connectivity index is 0.000000149. The maximum Gasteiger partial charge on any atom is 0.268 e. The molecule has 12 aromatic rings. The van der Waals surface area contributed by atoms with Crippen LogP contribution in [0.5, 0.6) is 0 Å². The third-order valence-electron chi connectivity index (χ3n) is 11.4. The summed E-state index contributed by atoms with van der Waals surface area (Å²) in [6, 6.07) is 74.3. The predicted octanol–water partition coefficient (Wildman–Crippen LogP) is 13.0. The molecule has 74 heavy (non-hydrogen) atoms. The fourth-order valence-corrected chi connectivity index (χ4v) is 8.22. The number of benzene rings is 8. The molecule has 0 aliphatic carbocycles. The molecular weight excluding hydrogens is 1110 g/mol. The zero-order chi connectivity index (χ0) is 49.9. The van der Waals surface area contributed by atoms with Gasteiger partial charge in [-0.1, -0.05) is 151 Å². The summed E-state index contributed by atoms with van der Waals surface area (Å²) in [5, 5.41) is 7.58. The summed E-state index contributed by atoms with van der Waals surface area (Å²) in [6.07, 6.45) is 10.0. The Bertz CT molecular complexity index is 3300. The van der Waals surface area contributed by atoms with Crippen molar-refractivity contribution in [2.24, 2.45) is 0 Å². The smallest absolute Gasteiger partial charge is 0.268 e. The molecule has 7 nitrogen and oxygen atoms in total. The van der Waals surface area contributed by atoms with Gasteiger partial charge in [0.25, 0.3) is 12.7 Å². The molecule has 0 fully saturated rings. The van der Waals surface area contributed by atoms with Crippen molar-refractivity contribution >= 4 is 0 Å². The summed E-state index contributed by atoms with van der Waals surface area (Å²) < 4.78 is 63.5. The molecule has 0 atom stereocenters. The van der Waals surface area contributed by atoms with Gasteiger partial charge in [0, 0.05) is 49.8 Å². The first-order chi connectivity index (χ1) is 35.9. The zero-order valence-electron chi connectivity index (χ0n) is 39.1. The van der Waals surface area contributed by atoms with Crippen molar-refractivity contribution in [3.63, 3.8) is 0 Å². The Morgan fingerprint density at radius 2 is 0.824 bits per heavy atom. The average molecular weight is 1150 g/mol. The minimum Gasteiger partial charge on any atom is -0.574 e. The fraction of sp³-hybridized carbons (Fsp3) is 0. The van der Waals surface area contributed by atoms with Crippen LogP contribution in [-0.2, 0) is 20.1 Å². The monoisotopic (exact) mass is 1150 g/mol. The molecule has 0 saturated carbocycles. The van der Waals surface area contributed by atoms with Crippen molar-refractivity contribution in [3.8, 4) is 79.2 Å². The van der Waals surface area contributed by atoms with Gasteiger partial charge in [0.2, 0.25) is 0 Å². The Labute approximate surface area is 439 Å². The van der Waals surface area contributed by atoms with Crippen LogP contribution in [0.25, 0.3) is 79.2 Å². The molecule has 0 N–H and O–H groups in total. The van der Waals surface area contributed by atoms with Gasteiger partial charge < -0.3 is 19.3 Å². The van der Waals surface area contributed by atoms with E-state index in [0.29, 0.717) is 22.7 Å². The standard InChI is InChI=1S/2C27H17F2N2.C8H6N3.Ir/c2*28-22-13-7-15-24(17-22)30-19-31(25-16-8-14-23(29)18-25)27(21-11-5-2-6-12-21)26(30)20-9-3-1-4-10-20;1-2-5-9-7(3-1)8-4-6-10-11-8;/h2*1-15,17-18H;1-6H;/q3*-1;. The number of aromatic nitrogens is 7. The van der Waals surface area contributed by atoms with Gasteiger partial charge in [-0.2, -0.15) is 24.3 Å². The van der Waals surface area contributed by atoms with E-state index in [0.717, 1.165) is 56.4 Å². The van der Waals surface area contributed by atoms with Crippen molar-refractivity contribution in [1.82, 2.24) is 24.3 Å². The zero-order valence-corrected chi connectivity index (χ0v) is 41.5. The van der Waals surface area contributed by atoms with Crippen molar-refractivity contribution < 1.29 is 46.8 Å². The van der Waals surface area contributed by atoms with E-state index in [9.17, 15) is 17.6 Å². The SMILES string of the molecule is Fc1cc[c-]c(-n2[c-][n+](-c3cccc(F)c3)c(-c3ccccc3)c2-c2ccccc2)c1.Fc1cc[c-]c(-n2[c-][n+](-c3cccc(F)c3)c(-c3ccccc3)c2-c2ccccc2)c1.[Ir].c1ccc(-c2ccn[n-]2)nc1. The molecule has 0 aliphatic heterocycles. The molecule has 1 radical (unpaired) electrons. The van der Waals surface area contributed by atoms with Crippen molar-refractivity contribution in [2.75, 3.05) is 0 Å². The molecule has 0 bridgehead atoms. The van der Waals surface area contributed by atoms with Crippen LogP contribution < -0.4 is 14.2 Å². The molecule has 0 amide bonds. The Kier molecular flexibility index (Phi) is 15.8. The van der Waals surface area contributed by atoms with E-state index in [4.69, 9.17) is 0 Å². The maximum atomic E-state index is 14.1. The average Bonchev–Trinajstić information content (AvgIpc) is 4.22. The van der Waals surface area contributed by atoms with Crippen molar-refractivity contribution in [3.05, 3.63) is 291 Å². The Hall–Kier alpha value is -9.09. The second kappa shape index (κ2) is 23.4. The Morgan fingerprint density at radius 3 is 1.20 bits per heavy atom.